The van der Waals surface area contributed by atoms with Crippen LogP contribution in [0.25, 0.3) is 0 Å². The van der Waals surface area contributed by atoms with Gasteiger partial charge in [0.2, 0.25) is 76.8 Å². The number of methoxy groups -OCH3 is 1. The van der Waals surface area contributed by atoms with Gasteiger partial charge in [-0.15, -0.1) is 0 Å². The normalized spacial score (nSPS) is 31.7. The van der Waals surface area contributed by atoms with Crippen molar-refractivity contribution in [2.24, 2.45) is 35.0 Å². The molecule has 0 radical (unpaired) electrons. The van der Waals surface area contributed by atoms with Gasteiger partial charge in [-0.25, -0.2) is 17.6 Å². The number of amides is 12. The van der Waals surface area contributed by atoms with Crippen molar-refractivity contribution >= 4 is 70.9 Å². The Morgan fingerprint density at radius 3 is 1.85 bits per heavy atom. The molecular formula is C78H121F7N12O14. The number of fused-ring (bicyclic) bond motifs is 3. The second-order valence-electron chi connectivity index (χ2n) is 34.0. The van der Waals surface area contributed by atoms with Gasteiger partial charge in [0.15, 0.2) is 0 Å². The third-order valence-corrected chi connectivity index (χ3v) is 24.9. The molecule has 0 aromatic heterocycles. The molecule has 3 N–H and O–H groups in total. The fourth-order valence-electron chi connectivity index (χ4n) is 17.8. The van der Waals surface area contributed by atoms with Crippen LogP contribution in [0.2, 0.25) is 0 Å². The first-order valence-electron chi connectivity index (χ1n) is 39.9. The van der Waals surface area contributed by atoms with Crippen molar-refractivity contribution in [3.05, 3.63) is 12.2 Å². The zero-order chi connectivity index (χ0) is 82.3. The lowest BCUT2D eigenvalue weighted by Gasteiger charge is -2.54. The average Bonchev–Trinajstić information content (AvgIpc) is 1.35. The molecule has 26 nitrogen and oxygen atoms in total. The molecule has 2 unspecified atom stereocenters. The highest BCUT2D eigenvalue weighted by molar-refractivity contribution is 6.01. The standard InChI is InChI=1S/C78H121F7N12O14/c1-15-45(4)64-72(107)96(49-26-27-49)41-62(100)91(10)55-24-19-18-20-33-95(71(55)106)58(36-46-29-31-77(81,82)32-30-46)70(105)90(9)40-60(98)86-54(28-25-47-34-52(79)63(53(80)35-47)78(83,84)85)68(103)97-39-51(111-50-22-21-23-50)37-56(97)67(102)88-76(43-75(5,6)44-76)74(109)94(13)65(48(16-2)17-3)73(108)93(12)57(69(104)89(7)8)38-61(99)92(11)59(42-110-14)66(101)87-64/h18-19,45-59,63-65H,15-17,20-44H2,1-14H3,(H,86,98)(H,87,101)(H,88,102)/b19-18-/t45-,47?,51+,52?,53?,54-,55-,56-,57-,58-,59-,63?,64-,65-/m0/s1. The molecule has 1 spiro atoms. The van der Waals surface area contributed by atoms with Crippen LogP contribution in [-0.2, 0) is 67.0 Å². The van der Waals surface area contributed by atoms with Crippen molar-refractivity contribution in [3.63, 3.8) is 0 Å². The molecule has 2 bridgehead atoms. The summed E-state index contributed by atoms with van der Waals surface area (Å²) in [6, 6.07) is -12.1. The Labute approximate surface area is 648 Å². The molecule has 3 aliphatic heterocycles. The van der Waals surface area contributed by atoms with E-state index in [-0.39, 0.29) is 77.0 Å². The Bertz CT molecular complexity index is 3360. The van der Waals surface area contributed by atoms with Crippen LogP contribution in [0.1, 0.15) is 189 Å². The summed E-state index contributed by atoms with van der Waals surface area (Å²) in [5.41, 5.74) is -2.39. The minimum atomic E-state index is -5.21. The van der Waals surface area contributed by atoms with Crippen LogP contribution >= 0.6 is 0 Å². The molecular weight excluding hydrogens is 1460 g/mol. The second kappa shape index (κ2) is 37.4. The Morgan fingerprint density at radius 2 is 1.30 bits per heavy atom. The SMILES string of the molecule is CCC(CC)[C@H]1C(=O)N(C)[C@H](C(=O)N(C)C)CC(=O)N(C)[C@@H](COC)C(=O)N[C@@H]([C@@H](C)CC)C(=O)N(C2CC2)CC(=O)N(C)[C@H]2C/C=C\CCN(C2=O)[C@@H](CC2CCC(F)(F)CC2)C(=O)N(C)CC(=O)N[C@@H](CCC2CC(F)C(C(F)(F)F)C(F)C2)C(=O)N2C[C@H](OC3CCC3)C[C@H]2C(=O)NC2(CC(C)(C)C2)C(=O)N1C. The van der Waals surface area contributed by atoms with Crippen molar-refractivity contribution < 1.29 is 97.7 Å². The number of nitrogens with zero attached hydrogens (tertiary/aromatic N) is 9. The number of alkyl halides is 7. The van der Waals surface area contributed by atoms with Gasteiger partial charge in [-0.1, -0.05) is 73.0 Å². The van der Waals surface area contributed by atoms with Gasteiger partial charge in [-0.2, -0.15) is 13.2 Å². The van der Waals surface area contributed by atoms with Gasteiger partial charge >= 0.3 is 6.18 Å². The van der Waals surface area contributed by atoms with Crippen molar-refractivity contribution in [3.8, 4) is 0 Å². The molecule has 0 aromatic rings. The zero-order valence-electron chi connectivity index (χ0n) is 67.2. The maximum absolute atomic E-state index is 15.8. The van der Waals surface area contributed by atoms with Gasteiger partial charge in [0.25, 0.3) is 0 Å². The van der Waals surface area contributed by atoms with Crippen molar-refractivity contribution in [2.75, 3.05) is 89.2 Å². The summed E-state index contributed by atoms with van der Waals surface area (Å²) in [5, 5.41) is 8.54. The van der Waals surface area contributed by atoms with E-state index >= 15 is 42.3 Å². The van der Waals surface area contributed by atoms with Gasteiger partial charge < -0.3 is 69.5 Å². The summed E-state index contributed by atoms with van der Waals surface area (Å²) in [6.45, 7) is 8.60. The number of halogens is 7. The number of hydrogen-bond acceptors (Lipinski definition) is 14. The van der Waals surface area contributed by atoms with E-state index in [0.717, 1.165) is 30.9 Å². The van der Waals surface area contributed by atoms with Gasteiger partial charge in [0, 0.05) is 94.8 Å². The van der Waals surface area contributed by atoms with E-state index < -0.39 is 255 Å². The Hall–Kier alpha value is -7.19. The number of ether oxygens (including phenoxy) is 2. The molecule has 3 heterocycles. The monoisotopic (exact) mass is 1580 g/mol. The molecule has 2 saturated heterocycles. The highest BCUT2D eigenvalue weighted by Gasteiger charge is 2.60. The predicted octanol–water partition coefficient (Wildman–Crippen LogP) is 6.36. The fraction of sp³-hybridized carbons (Fsp3) is 0.821. The van der Waals surface area contributed by atoms with E-state index in [1.807, 2.05) is 27.7 Å². The van der Waals surface area contributed by atoms with E-state index in [2.05, 4.69) is 16.0 Å². The van der Waals surface area contributed by atoms with Gasteiger partial charge in [-0.05, 0) is 132 Å². The quantitative estimate of drug-likeness (QED) is 0.112. The summed E-state index contributed by atoms with van der Waals surface area (Å²) < 4.78 is 115. The van der Waals surface area contributed by atoms with Crippen LogP contribution in [0, 0.1) is 35.0 Å². The van der Waals surface area contributed by atoms with Crippen molar-refractivity contribution in [2.45, 2.75) is 286 Å². The lowest BCUT2D eigenvalue weighted by atomic mass is 9.58. The third kappa shape index (κ3) is 21.4. The molecule has 5 saturated carbocycles. The Morgan fingerprint density at radius 1 is 0.667 bits per heavy atom. The maximum Gasteiger partial charge on any atom is 0.397 e. The minimum Gasteiger partial charge on any atom is -0.382 e. The molecule has 8 aliphatic rings. The molecule has 0 aromatic carbocycles. The van der Waals surface area contributed by atoms with Crippen LogP contribution in [-0.4, -0.2) is 301 Å². The lowest BCUT2D eigenvalue weighted by molar-refractivity contribution is -0.219. The van der Waals surface area contributed by atoms with E-state index in [9.17, 15) is 45.9 Å². The van der Waals surface area contributed by atoms with Gasteiger partial charge in [0.1, 0.15) is 78.7 Å². The summed E-state index contributed by atoms with van der Waals surface area (Å²) >= 11 is 0. The fourth-order valence-corrected chi connectivity index (χ4v) is 17.8. The number of hydrogen-bond donors (Lipinski definition) is 3. The minimum absolute atomic E-state index is 0.00540. The van der Waals surface area contributed by atoms with Gasteiger partial charge in [0.05, 0.1) is 31.8 Å². The first kappa shape index (κ1) is 89.4. The van der Waals surface area contributed by atoms with E-state index in [0.29, 0.717) is 44.9 Å². The predicted molar refractivity (Wildman–Crippen MR) is 394 cm³/mol. The molecule has 12 atom stereocenters. The molecule has 5 aliphatic carbocycles. The zero-order valence-corrected chi connectivity index (χ0v) is 67.2. The molecule has 111 heavy (non-hydrogen) atoms. The second-order valence-corrected chi connectivity index (χ2v) is 34.0. The average molecular weight is 1580 g/mol. The van der Waals surface area contributed by atoms with Crippen LogP contribution in [0.4, 0.5) is 30.7 Å². The molecule has 12 amide bonds. The highest BCUT2D eigenvalue weighted by Crippen LogP contribution is 2.50. The topological polar surface area (TPSA) is 289 Å². The van der Waals surface area contributed by atoms with Crippen LogP contribution < -0.4 is 16.0 Å². The van der Waals surface area contributed by atoms with Crippen LogP contribution in [0.5, 0.6) is 0 Å². The summed E-state index contributed by atoms with van der Waals surface area (Å²) in [7, 11) is 10.8. The first-order valence-corrected chi connectivity index (χ1v) is 39.9. The maximum atomic E-state index is 15.8. The van der Waals surface area contributed by atoms with Gasteiger partial charge in [-0.3, -0.25) is 57.5 Å². The molecule has 33 heteroatoms. The highest BCUT2D eigenvalue weighted by atomic mass is 19.4. The molecule has 7 fully saturated rings. The van der Waals surface area contributed by atoms with E-state index in [1.165, 1.54) is 76.0 Å². The third-order valence-electron chi connectivity index (χ3n) is 24.9. The van der Waals surface area contributed by atoms with Crippen molar-refractivity contribution in [1.82, 2.24) is 60.0 Å². The van der Waals surface area contributed by atoms with Crippen LogP contribution in [0.15, 0.2) is 12.2 Å². The summed E-state index contributed by atoms with van der Waals surface area (Å²) in [6.07, 6.45) is -8.47. The van der Waals surface area contributed by atoms with Crippen molar-refractivity contribution in [1.29, 1.82) is 0 Å². The van der Waals surface area contributed by atoms with E-state index in [4.69, 9.17) is 9.47 Å². The number of carbonyl (C=O) groups is 12. The largest absolute Gasteiger partial charge is 0.397 e. The summed E-state index contributed by atoms with van der Waals surface area (Å²) in [5.74, 6) is -18.3. The molecule has 626 valence electrons. The number of nitrogens with one attached hydrogen (secondary N) is 3. The molecule has 8 rings (SSSR count). The number of likely N-dealkylation sites (N-methyl/N-ethyl adjacent to an activating group) is 6. The Kier molecular flexibility index (Phi) is 30.1. The summed E-state index contributed by atoms with van der Waals surface area (Å²) in [4.78, 5) is 194. The van der Waals surface area contributed by atoms with E-state index in [1.54, 1.807) is 26.0 Å². The Balaban J connectivity index is 1.23. The smallest absolute Gasteiger partial charge is 0.382 e. The number of carbonyl (C=O) groups excluding carboxylic acids is 12. The first-order chi connectivity index (χ1) is 52.0. The van der Waals surface area contributed by atoms with Crippen LogP contribution in [0.3, 0.4) is 0 Å². The number of rotatable bonds is 16. The lowest BCUT2D eigenvalue weighted by Crippen LogP contribution is -2.71.